The van der Waals surface area contributed by atoms with Crippen molar-refractivity contribution in [1.29, 1.82) is 0 Å². The van der Waals surface area contributed by atoms with Crippen LogP contribution in [0.3, 0.4) is 0 Å². The summed E-state index contributed by atoms with van der Waals surface area (Å²) in [7, 11) is -8.70. The molecule has 1 aromatic heterocycles. The van der Waals surface area contributed by atoms with Crippen LogP contribution in [0.4, 0.5) is 0 Å². The van der Waals surface area contributed by atoms with Crippen LogP contribution in [-0.4, -0.2) is 66.3 Å². The molecule has 1 aromatic rings. The molecule has 9 nitrogen and oxygen atoms in total. The van der Waals surface area contributed by atoms with E-state index < -0.39 is 50.7 Å². The number of nitrogens with zero attached hydrogens (tertiary/aromatic N) is 2. The van der Waals surface area contributed by atoms with Crippen LogP contribution in [0.15, 0.2) is 24.4 Å². The SMILES string of the molecule is CC(C)/C=C/c1ccnc(C(=O)N(CCS(=O)(=O)O)CCS(=O)(=O)O)c1. The highest BCUT2D eigenvalue weighted by atomic mass is 32.2. The van der Waals surface area contributed by atoms with Crippen molar-refractivity contribution in [2.75, 3.05) is 24.6 Å². The molecule has 26 heavy (non-hydrogen) atoms. The van der Waals surface area contributed by atoms with Crippen molar-refractivity contribution >= 4 is 32.2 Å². The van der Waals surface area contributed by atoms with Crippen molar-refractivity contribution in [3.8, 4) is 0 Å². The highest BCUT2D eigenvalue weighted by Crippen LogP contribution is 2.10. The summed E-state index contributed by atoms with van der Waals surface area (Å²) in [6.45, 7) is 3.08. The summed E-state index contributed by atoms with van der Waals surface area (Å²) in [6.07, 6.45) is 5.11. The summed E-state index contributed by atoms with van der Waals surface area (Å²) in [6, 6.07) is 3.16. The van der Waals surface area contributed by atoms with Gasteiger partial charge in [-0.1, -0.05) is 26.0 Å². The number of carbonyl (C=O) groups excluding carboxylic acids is 1. The summed E-state index contributed by atoms with van der Waals surface area (Å²) in [5, 5.41) is 0. The monoisotopic (exact) mass is 406 g/mol. The number of carbonyl (C=O) groups is 1. The Hall–Kier alpha value is -1.82. The largest absolute Gasteiger partial charge is 0.335 e. The first-order valence-electron chi connectivity index (χ1n) is 7.71. The molecule has 0 bridgehead atoms. The van der Waals surface area contributed by atoms with Crippen LogP contribution >= 0.6 is 0 Å². The number of allylic oxidation sites excluding steroid dienone is 1. The first kappa shape index (κ1) is 22.2. The van der Waals surface area contributed by atoms with Crippen LogP contribution in [0.5, 0.6) is 0 Å². The van der Waals surface area contributed by atoms with Gasteiger partial charge in [-0.25, -0.2) is 0 Å². The molecule has 0 saturated heterocycles. The lowest BCUT2D eigenvalue weighted by Gasteiger charge is -2.21. The van der Waals surface area contributed by atoms with Crippen molar-refractivity contribution in [1.82, 2.24) is 9.88 Å². The smallest absolute Gasteiger partial charge is 0.272 e. The zero-order chi connectivity index (χ0) is 20.0. The van der Waals surface area contributed by atoms with Crippen molar-refractivity contribution in [3.63, 3.8) is 0 Å². The average molecular weight is 406 g/mol. The van der Waals surface area contributed by atoms with Gasteiger partial charge in [-0.15, -0.1) is 0 Å². The summed E-state index contributed by atoms with van der Waals surface area (Å²) in [4.78, 5) is 17.4. The predicted molar refractivity (Wildman–Crippen MR) is 96.8 cm³/mol. The lowest BCUT2D eigenvalue weighted by Crippen LogP contribution is -2.38. The second-order valence-electron chi connectivity index (χ2n) is 5.94. The van der Waals surface area contributed by atoms with Gasteiger partial charge in [-0.05, 0) is 23.6 Å². The standard InChI is InChI=1S/C15H22N2O7S2/c1-12(2)3-4-13-5-6-16-14(11-13)15(18)17(7-9-25(19,20)21)8-10-26(22,23)24/h3-6,11-12H,7-10H2,1-2H3,(H,19,20,21)(H,22,23,24)/b4-3+. The third kappa shape index (κ3) is 9.04. The van der Waals surface area contributed by atoms with E-state index in [1.165, 1.54) is 12.3 Å². The van der Waals surface area contributed by atoms with Crippen molar-refractivity contribution in [2.45, 2.75) is 13.8 Å². The molecule has 0 spiro atoms. The third-order valence-corrected chi connectivity index (χ3v) is 4.60. The minimum absolute atomic E-state index is 0.0124. The van der Waals surface area contributed by atoms with Gasteiger partial charge in [0.1, 0.15) is 5.69 Å². The van der Waals surface area contributed by atoms with Gasteiger partial charge in [0.15, 0.2) is 0 Å². The zero-order valence-electron chi connectivity index (χ0n) is 14.4. The Kier molecular flexibility index (Phi) is 7.87. The van der Waals surface area contributed by atoms with E-state index in [0.29, 0.717) is 11.5 Å². The van der Waals surface area contributed by atoms with E-state index in [2.05, 4.69) is 4.98 Å². The van der Waals surface area contributed by atoms with E-state index in [-0.39, 0.29) is 5.69 Å². The van der Waals surface area contributed by atoms with Crippen LogP contribution in [-0.2, 0) is 20.2 Å². The minimum Gasteiger partial charge on any atom is -0.335 e. The summed E-state index contributed by atoms with van der Waals surface area (Å²) in [5.74, 6) is -1.95. The van der Waals surface area contributed by atoms with Gasteiger partial charge in [0.2, 0.25) is 0 Å². The van der Waals surface area contributed by atoms with E-state index in [9.17, 15) is 21.6 Å². The topological polar surface area (TPSA) is 142 Å². The zero-order valence-corrected chi connectivity index (χ0v) is 16.1. The Morgan fingerprint density at radius 2 is 1.69 bits per heavy atom. The molecule has 0 unspecified atom stereocenters. The summed E-state index contributed by atoms with van der Waals surface area (Å²) < 4.78 is 61.4. The van der Waals surface area contributed by atoms with E-state index in [0.717, 1.165) is 4.90 Å². The fourth-order valence-electron chi connectivity index (χ4n) is 1.90. The Morgan fingerprint density at radius 3 is 2.15 bits per heavy atom. The van der Waals surface area contributed by atoms with Crippen LogP contribution < -0.4 is 0 Å². The van der Waals surface area contributed by atoms with Gasteiger partial charge in [-0.3, -0.25) is 18.9 Å². The maximum atomic E-state index is 12.6. The van der Waals surface area contributed by atoms with Gasteiger partial charge in [0.25, 0.3) is 26.1 Å². The van der Waals surface area contributed by atoms with Crippen LogP contribution in [0, 0.1) is 5.92 Å². The maximum Gasteiger partial charge on any atom is 0.272 e. The van der Waals surface area contributed by atoms with Crippen LogP contribution in [0.25, 0.3) is 6.08 Å². The lowest BCUT2D eigenvalue weighted by molar-refractivity contribution is 0.0768. The molecule has 0 fully saturated rings. The van der Waals surface area contributed by atoms with E-state index in [1.54, 1.807) is 12.1 Å². The summed E-state index contributed by atoms with van der Waals surface area (Å²) >= 11 is 0. The number of hydrogen-bond donors (Lipinski definition) is 2. The molecular formula is C15H22N2O7S2. The Morgan fingerprint density at radius 1 is 1.15 bits per heavy atom. The number of aromatic nitrogens is 1. The van der Waals surface area contributed by atoms with Gasteiger partial charge >= 0.3 is 0 Å². The molecule has 0 radical (unpaired) electrons. The quantitative estimate of drug-likeness (QED) is 0.578. The first-order valence-corrected chi connectivity index (χ1v) is 10.9. The molecule has 0 saturated carbocycles. The molecule has 0 atom stereocenters. The van der Waals surface area contributed by atoms with Crippen LogP contribution in [0.2, 0.25) is 0 Å². The van der Waals surface area contributed by atoms with E-state index in [1.807, 2.05) is 19.9 Å². The van der Waals surface area contributed by atoms with Gasteiger partial charge in [0, 0.05) is 19.3 Å². The normalized spacial score (nSPS) is 12.7. The fourth-order valence-corrected chi connectivity index (χ4v) is 2.80. The molecule has 1 amide bonds. The van der Waals surface area contributed by atoms with Crippen LogP contribution in [0.1, 0.15) is 29.9 Å². The third-order valence-electron chi connectivity index (χ3n) is 3.20. The van der Waals surface area contributed by atoms with Gasteiger partial charge in [0.05, 0.1) is 11.5 Å². The highest BCUT2D eigenvalue weighted by molar-refractivity contribution is 7.86. The molecule has 0 aliphatic heterocycles. The number of rotatable bonds is 9. The first-order chi connectivity index (χ1) is 11.9. The van der Waals surface area contributed by atoms with Crippen molar-refractivity contribution in [3.05, 3.63) is 35.7 Å². The minimum atomic E-state index is -4.35. The molecule has 1 rings (SSSR count). The Balaban J connectivity index is 3.04. The predicted octanol–water partition coefficient (Wildman–Crippen LogP) is 0.969. The van der Waals surface area contributed by atoms with E-state index in [4.69, 9.17) is 9.11 Å². The second kappa shape index (κ2) is 9.21. The molecule has 11 heteroatoms. The van der Waals surface area contributed by atoms with Gasteiger partial charge < -0.3 is 4.90 Å². The second-order valence-corrected chi connectivity index (χ2v) is 9.09. The van der Waals surface area contributed by atoms with Crippen molar-refractivity contribution in [2.24, 2.45) is 5.92 Å². The van der Waals surface area contributed by atoms with Crippen molar-refractivity contribution < 1.29 is 30.7 Å². The van der Waals surface area contributed by atoms with Gasteiger partial charge in [-0.2, -0.15) is 16.8 Å². The molecule has 2 N–H and O–H groups in total. The van der Waals surface area contributed by atoms with E-state index >= 15 is 0 Å². The molecule has 1 heterocycles. The molecule has 0 aromatic carbocycles. The Bertz CT molecular complexity index is 826. The number of hydrogen-bond acceptors (Lipinski definition) is 6. The fraction of sp³-hybridized carbons (Fsp3) is 0.467. The molecule has 0 aliphatic carbocycles. The molecular weight excluding hydrogens is 384 g/mol. The molecule has 0 aliphatic rings. The maximum absolute atomic E-state index is 12.6. The average Bonchev–Trinajstić information content (AvgIpc) is 2.50. The lowest BCUT2D eigenvalue weighted by atomic mass is 10.1. The Labute approximate surface area is 153 Å². The highest BCUT2D eigenvalue weighted by Gasteiger charge is 2.21. The summed E-state index contributed by atoms with van der Waals surface area (Å²) in [5.41, 5.74) is 0.683. The number of amides is 1. The number of pyridine rings is 1. The molecule has 146 valence electrons.